The Morgan fingerprint density at radius 2 is 1.17 bits per heavy atom. The molecule has 2 rings (SSSR count). The second kappa shape index (κ2) is 9.41. The van der Waals surface area contributed by atoms with Crippen LogP contribution >= 0.6 is 0 Å². The molecule has 0 aliphatic heterocycles. The Hall–Kier alpha value is -4.08. The lowest BCUT2D eigenvalue weighted by atomic mass is 10.1. The molecule has 30 heavy (non-hydrogen) atoms. The highest BCUT2D eigenvalue weighted by molar-refractivity contribution is 6.06. The normalized spacial score (nSPS) is 10.5. The molecule has 0 aromatic heterocycles. The summed E-state index contributed by atoms with van der Waals surface area (Å²) in [5.41, 5.74) is -1.26. The third-order valence-corrected chi connectivity index (χ3v) is 4.14. The van der Waals surface area contributed by atoms with Gasteiger partial charge in [0, 0.05) is 0 Å². The molecule has 0 atom stereocenters. The highest BCUT2D eigenvalue weighted by atomic mass is 16.4. The predicted octanol–water partition coefficient (Wildman–Crippen LogP) is 1.78. The Morgan fingerprint density at radius 3 is 1.50 bits per heavy atom. The third kappa shape index (κ3) is 5.25. The molecule has 0 spiro atoms. The van der Waals surface area contributed by atoms with Crippen molar-refractivity contribution in [2.45, 2.75) is 25.9 Å². The monoisotopic (exact) mass is 416 g/mol. The van der Waals surface area contributed by atoms with E-state index >= 15 is 0 Å². The van der Waals surface area contributed by atoms with Crippen molar-refractivity contribution < 1.29 is 39.6 Å². The van der Waals surface area contributed by atoms with E-state index in [0.29, 0.717) is 6.42 Å². The topological polar surface area (TPSA) is 173 Å². The van der Waals surface area contributed by atoms with Crippen molar-refractivity contribution in [1.29, 1.82) is 0 Å². The number of carboxylic acids is 2. The lowest BCUT2D eigenvalue weighted by Gasteiger charge is -2.21. The second-order valence-electron chi connectivity index (χ2n) is 6.36. The van der Waals surface area contributed by atoms with Crippen molar-refractivity contribution in [3.63, 3.8) is 0 Å². The van der Waals surface area contributed by atoms with Crippen LogP contribution in [0.3, 0.4) is 0 Å². The summed E-state index contributed by atoms with van der Waals surface area (Å²) in [4.78, 5) is 47.8. The molecule has 0 saturated heterocycles. The van der Waals surface area contributed by atoms with E-state index in [0.717, 1.165) is 36.4 Å². The molecule has 0 fully saturated rings. The van der Waals surface area contributed by atoms with E-state index in [2.05, 4.69) is 10.6 Å². The summed E-state index contributed by atoms with van der Waals surface area (Å²) >= 11 is 0. The third-order valence-electron chi connectivity index (χ3n) is 4.14. The summed E-state index contributed by atoms with van der Waals surface area (Å²) in [6, 6.07) is 6.46. The number of hydrogen-bond donors (Lipinski definition) is 6. The molecule has 0 unspecified atom stereocenters. The lowest BCUT2D eigenvalue weighted by Crippen LogP contribution is -2.48. The second-order valence-corrected chi connectivity index (χ2v) is 6.36. The van der Waals surface area contributed by atoms with Gasteiger partial charge in [-0.2, -0.15) is 0 Å². The van der Waals surface area contributed by atoms with Gasteiger partial charge in [-0.05, 0) is 42.8 Å². The zero-order chi connectivity index (χ0) is 22.4. The number of rotatable bonds is 8. The van der Waals surface area contributed by atoms with Gasteiger partial charge in [0.05, 0.1) is 22.3 Å². The molecule has 0 bridgehead atoms. The van der Waals surface area contributed by atoms with Crippen LogP contribution in [0.5, 0.6) is 11.5 Å². The predicted molar refractivity (Wildman–Crippen MR) is 104 cm³/mol. The number of aromatic carboxylic acids is 2. The van der Waals surface area contributed by atoms with E-state index in [-0.39, 0.29) is 29.0 Å². The minimum Gasteiger partial charge on any atom is -0.508 e. The van der Waals surface area contributed by atoms with Gasteiger partial charge in [-0.25, -0.2) is 9.59 Å². The molecule has 2 amide bonds. The minimum atomic E-state index is -1.41. The van der Waals surface area contributed by atoms with E-state index in [1.54, 1.807) is 6.92 Å². The van der Waals surface area contributed by atoms with Crippen molar-refractivity contribution in [1.82, 2.24) is 10.6 Å². The average Bonchev–Trinajstić information content (AvgIpc) is 2.67. The molecule has 2 aromatic rings. The zero-order valence-corrected chi connectivity index (χ0v) is 15.9. The molecular weight excluding hydrogens is 396 g/mol. The summed E-state index contributed by atoms with van der Waals surface area (Å²) in [7, 11) is 0. The number of phenolic OH excluding ortho intramolecular Hbond substituents is 2. The van der Waals surface area contributed by atoms with Gasteiger partial charge < -0.3 is 31.1 Å². The maximum absolute atomic E-state index is 12.6. The Labute approximate surface area is 170 Å². The van der Waals surface area contributed by atoms with Crippen LogP contribution in [0.4, 0.5) is 0 Å². The lowest BCUT2D eigenvalue weighted by molar-refractivity contribution is 0.0683. The molecule has 0 saturated carbocycles. The molecule has 10 nitrogen and oxygen atoms in total. The number of nitrogens with one attached hydrogen (secondary N) is 2. The van der Waals surface area contributed by atoms with Crippen molar-refractivity contribution in [3.05, 3.63) is 58.7 Å². The van der Waals surface area contributed by atoms with Gasteiger partial charge in [-0.15, -0.1) is 0 Å². The van der Waals surface area contributed by atoms with Gasteiger partial charge in [-0.1, -0.05) is 13.3 Å². The summed E-state index contributed by atoms with van der Waals surface area (Å²) < 4.78 is 0. The zero-order valence-electron chi connectivity index (χ0n) is 15.9. The van der Waals surface area contributed by atoms with Gasteiger partial charge in [0.25, 0.3) is 11.8 Å². The maximum atomic E-state index is 12.6. The molecule has 0 aliphatic rings. The first-order valence-corrected chi connectivity index (χ1v) is 8.88. The highest BCUT2D eigenvalue weighted by Crippen LogP contribution is 2.18. The number of hydrogen-bond acceptors (Lipinski definition) is 6. The number of amides is 2. The Morgan fingerprint density at radius 1 is 0.767 bits per heavy atom. The van der Waals surface area contributed by atoms with Crippen LogP contribution in [0.25, 0.3) is 0 Å². The van der Waals surface area contributed by atoms with Crippen LogP contribution in [0.15, 0.2) is 36.4 Å². The summed E-state index contributed by atoms with van der Waals surface area (Å²) in [5.74, 6) is -5.07. The molecule has 0 heterocycles. The first-order chi connectivity index (χ1) is 14.1. The summed E-state index contributed by atoms with van der Waals surface area (Å²) in [5, 5.41) is 42.4. The first kappa shape index (κ1) is 22.2. The molecule has 158 valence electrons. The van der Waals surface area contributed by atoms with Crippen LogP contribution in [-0.4, -0.2) is 50.3 Å². The van der Waals surface area contributed by atoms with Gasteiger partial charge in [-0.3, -0.25) is 9.59 Å². The van der Waals surface area contributed by atoms with E-state index < -0.39 is 41.0 Å². The number of aromatic hydroxyl groups is 2. The largest absolute Gasteiger partial charge is 0.508 e. The van der Waals surface area contributed by atoms with Crippen molar-refractivity contribution >= 4 is 23.8 Å². The van der Waals surface area contributed by atoms with Gasteiger partial charge >= 0.3 is 11.9 Å². The molecule has 10 heteroatoms. The van der Waals surface area contributed by atoms with Gasteiger partial charge in [0.1, 0.15) is 17.7 Å². The van der Waals surface area contributed by atoms with Gasteiger partial charge in [0.2, 0.25) is 0 Å². The van der Waals surface area contributed by atoms with Gasteiger partial charge in [0.15, 0.2) is 0 Å². The molecular formula is C20H20N2O8. The SMILES string of the molecule is CCCC(NC(=O)c1ccc(O)cc1C(=O)O)NC(=O)c1ccc(O)cc1C(=O)O. The smallest absolute Gasteiger partial charge is 0.336 e. The average molecular weight is 416 g/mol. The van der Waals surface area contributed by atoms with Crippen molar-refractivity contribution in [2.75, 3.05) is 0 Å². The molecule has 0 aliphatic carbocycles. The number of carbonyl (C=O) groups excluding carboxylic acids is 2. The van der Waals surface area contributed by atoms with Crippen LogP contribution in [0, 0.1) is 0 Å². The van der Waals surface area contributed by atoms with Crippen LogP contribution < -0.4 is 10.6 Å². The number of carboxylic acid groups (broad SMARTS) is 2. The Bertz CT molecular complexity index is 925. The fourth-order valence-electron chi connectivity index (χ4n) is 2.76. The van der Waals surface area contributed by atoms with E-state index in [4.69, 9.17) is 0 Å². The van der Waals surface area contributed by atoms with Crippen LogP contribution in [0.2, 0.25) is 0 Å². The van der Waals surface area contributed by atoms with E-state index in [1.807, 2.05) is 0 Å². The summed E-state index contributed by atoms with van der Waals surface area (Å²) in [6.07, 6.45) is -0.118. The fourth-order valence-corrected chi connectivity index (χ4v) is 2.76. The number of benzene rings is 2. The molecule has 0 radical (unpaired) electrons. The summed E-state index contributed by atoms with van der Waals surface area (Å²) in [6.45, 7) is 1.79. The van der Waals surface area contributed by atoms with E-state index in [9.17, 15) is 39.6 Å². The highest BCUT2D eigenvalue weighted by Gasteiger charge is 2.23. The van der Waals surface area contributed by atoms with E-state index in [1.165, 1.54) is 0 Å². The number of phenols is 2. The maximum Gasteiger partial charge on any atom is 0.336 e. The van der Waals surface area contributed by atoms with Crippen LogP contribution in [0.1, 0.15) is 61.2 Å². The molecule has 2 aromatic carbocycles. The Balaban J connectivity index is 2.25. The minimum absolute atomic E-state index is 0.216. The van der Waals surface area contributed by atoms with Crippen molar-refractivity contribution in [2.24, 2.45) is 0 Å². The fraction of sp³-hybridized carbons (Fsp3) is 0.200. The van der Waals surface area contributed by atoms with Crippen molar-refractivity contribution in [3.8, 4) is 11.5 Å². The molecule has 6 N–H and O–H groups in total. The van der Waals surface area contributed by atoms with Crippen LogP contribution in [-0.2, 0) is 0 Å². The quantitative estimate of drug-likeness (QED) is 0.353. The number of carbonyl (C=O) groups is 4. The Kier molecular flexibility index (Phi) is 6.97. The standard InChI is InChI=1S/C20H20N2O8/c1-2-3-16(21-17(25)12-6-4-10(23)8-14(12)19(27)28)22-18(26)13-7-5-11(24)9-15(13)20(29)30/h4-9,16,23-24H,2-3H2,1H3,(H,21,25)(H,22,26)(H,27,28)(H,29,30). The first-order valence-electron chi connectivity index (χ1n) is 8.88.